The normalized spacial score (nSPS) is 10.1. The van der Waals surface area contributed by atoms with Crippen molar-refractivity contribution in [2.45, 2.75) is 6.92 Å². The highest BCUT2D eigenvalue weighted by Crippen LogP contribution is 2.25. The number of methoxy groups -OCH3 is 1. The number of hydrogen-bond donors (Lipinski definition) is 1. The lowest BCUT2D eigenvalue weighted by atomic mass is 10.1. The highest BCUT2D eigenvalue weighted by atomic mass is 79.9. The van der Waals surface area contributed by atoms with E-state index in [0.29, 0.717) is 17.0 Å². The second kappa shape index (κ2) is 5.89. The average Bonchev–Trinajstić information content (AvgIpc) is 2.42. The summed E-state index contributed by atoms with van der Waals surface area (Å²) in [7, 11) is 1.58. The zero-order valence-electron chi connectivity index (χ0n) is 10.7. The van der Waals surface area contributed by atoms with Crippen molar-refractivity contribution in [1.82, 2.24) is 0 Å². The van der Waals surface area contributed by atoms with E-state index in [1.165, 1.54) is 0 Å². The Hall–Kier alpha value is -1.81. The standard InChI is InChI=1S/C15H14BrNO2/c1-10-11(6-5-7-12(10)16)15(18)17-13-8-3-4-9-14(13)19-2/h3-9H,1-2H3,(H,17,18). The van der Waals surface area contributed by atoms with Gasteiger partial charge in [-0.15, -0.1) is 0 Å². The molecule has 0 atom stereocenters. The summed E-state index contributed by atoms with van der Waals surface area (Å²) in [5.41, 5.74) is 2.21. The predicted octanol–water partition coefficient (Wildman–Crippen LogP) is 4.02. The second-order valence-electron chi connectivity index (χ2n) is 4.07. The highest BCUT2D eigenvalue weighted by molar-refractivity contribution is 9.10. The summed E-state index contributed by atoms with van der Waals surface area (Å²) in [5, 5.41) is 2.86. The first-order chi connectivity index (χ1) is 9.13. The minimum Gasteiger partial charge on any atom is -0.495 e. The van der Waals surface area contributed by atoms with Crippen molar-refractivity contribution < 1.29 is 9.53 Å². The third-order valence-corrected chi connectivity index (χ3v) is 3.73. The molecule has 0 bridgehead atoms. The fourth-order valence-corrected chi connectivity index (χ4v) is 2.16. The summed E-state index contributed by atoms with van der Waals surface area (Å²) < 4.78 is 6.13. The summed E-state index contributed by atoms with van der Waals surface area (Å²) >= 11 is 3.42. The number of benzene rings is 2. The van der Waals surface area contributed by atoms with Crippen molar-refractivity contribution in [3.05, 3.63) is 58.1 Å². The van der Waals surface area contributed by atoms with Gasteiger partial charge >= 0.3 is 0 Å². The SMILES string of the molecule is COc1ccccc1NC(=O)c1cccc(Br)c1C. The smallest absolute Gasteiger partial charge is 0.256 e. The number of anilines is 1. The Morgan fingerprint density at radius 1 is 1.16 bits per heavy atom. The van der Waals surface area contributed by atoms with Gasteiger partial charge in [0.15, 0.2) is 0 Å². The molecule has 0 radical (unpaired) electrons. The van der Waals surface area contributed by atoms with Crippen LogP contribution in [0, 0.1) is 6.92 Å². The molecule has 0 aliphatic carbocycles. The van der Waals surface area contributed by atoms with Crippen molar-refractivity contribution >= 4 is 27.5 Å². The maximum atomic E-state index is 12.3. The molecule has 0 fully saturated rings. The molecule has 19 heavy (non-hydrogen) atoms. The minimum atomic E-state index is -0.150. The Morgan fingerprint density at radius 3 is 2.63 bits per heavy atom. The molecule has 2 rings (SSSR count). The van der Waals surface area contributed by atoms with Gasteiger partial charge in [-0.05, 0) is 36.8 Å². The number of ether oxygens (including phenoxy) is 1. The van der Waals surface area contributed by atoms with E-state index in [1.54, 1.807) is 13.2 Å². The summed E-state index contributed by atoms with van der Waals surface area (Å²) in [6.45, 7) is 1.90. The third kappa shape index (κ3) is 2.96. The van der Waals surface area contributed by atoms with E-state index in [-0.39, 0.29) is 5.91 Å². The molecular weight excluding hydrogens is 306 g/mol. The van der Waals surface area contributed by atoms with Gasteiger partial charge in [-0.3, -0.25) is 4.79 Å². The molecular formula is C15H14BrNO2. The van der Waals surface area contributed by atoms with Crippen LogP contribution < -0.4 is 10.1 Å². The fraction of sp³-hybridized carbons (Fsp3) is 0.133. The first-order valence-corrected chi connectivity index (χ1v) is 6.62. The van der Waals surface area contributed by atoms with E-state index >= 15 is 0 Å². The van der Waals surface area contributed by atoms with Gasteiger partial charge in [0.05, 0.1) is 12.8 Å². The zero-order chi connectivity index (χ0) is 13.8. The van der Waals surface area contributed by atoms with Gasteiger partial charge in [-0.2, -0.15) is 0 Å². The summed E-state index contributed by atoms with van der Waals surface area (Å²) in [6, 6.07) is 12.9. The summed E-state index contributed by atoms with van der Waals surface area (Å²) in [5.74, 6) is 0.492. The van der Waals surface area contributed by atoms with E-state index in [2.05, 4.69) is 21.2 Å². The number of amides is 1. The van der Waals surface area contributed by atoms with Gasteiger partial charge in [0, 0.05) is 10.0 Å². The van der Waals surface area contributed by atoms with Crippen molar-refractivity contribution in [2.75, 3.05) is 12.4 Å². The van der Waals surface area contributed by atoms with E-state index in [0.717, 1.165) is 10.0 Å². The lowest BCUT2D eigenvalue weighted by molar-refractivity contribution is 0.102. The van der Waals surface area contributed by atoms with E-state index in [1.807, 2.05) is 43.3 Å². The molecule has 4 heteroatoms. The molecule has 0 heterocycles. The van der Waals surface area contributed by atoms with Crippen LogP contribution in [0.3, 0.4) is 0 Å². The Morgan fingerprint density at radius 2 is 1.89 bits per heavy atom. The van der Waals surface area contributed by atoms with E-state index in [9.17, 15) is 4.79 Å². The molecule has 0 aromatic heterocycles. The van der Waals surface area contributed by atoms with Crippen molar-refractivity contribution in [3.63, 3.8) is 0 Å². The van der Waals surface area contributed by atoms with Crippen LogP contribution in [0.5, 0.6) is 5.75 Å². The van der Waals surface area contributed by atoms with Crippen LogP contribution in [-0.4, -0.2) is 13.0 Å². The second-order valence-corrected chi connectivity index (χ2v) is 4.92. The van der Waals surface area contributed by atoms with Crippen molar-refractivity contribution in [3.8, 4) is 5.75 Å². The van der Waals surface area contributed by atoms with Gasteiger partial charge in [-0.1, -0.05) is 34.1 Å². The van der Waals surface area contributed by atoms with Crippen LogP contribution >= 0.6 is 15.9 Å². The molecule has 0 unspecified atom stereocenters. The van der Waals surface area contributed by atoms with Crippen LogP contribution in [0.2, 0.25) is 0 Å². The van der Waals surface area contributed by atoms with Gasteiger partial charge < -0.3 is 10.1 Å². The van der Waals surface area contributed by atoms with Crippen LogP contribution in [0.15, 0.2) is 46.9 Å². The van der Waals surface area contributed by atoms with Crippen LogP contribution in [-0.2, 0) is 0 Å². The number of hydrogen-bond acceptors (Lipinski definition) is 2. The fourth-order valence-electron chi connectivity index (χ4n) is 1.79. The first-order valence-electron chi connectivity index (χ1n) is 5.83. The largest absolute Gasteiger partial charge is 0.495 e. The summed E-state index contributed by atoms with van der Waals surface area (Å²) in [4.78, 5) is 12.3. The number of rotatable bonds is 3. The molecule has 2 aromatic rings. The lowest BCUT2D eigenvalue weighted by Crippen LogP contribution is -2.14. The number of carbonyl (C=O) groups is 1. The molecule has 0 aliphatic rings. The number of carbonyl (C=O) groups excluding carboxylic acids is 1. The molecule has 0 saturated carbocycles. The third-order valence-electron chi connectivity index (χ3n) is 2.87. The molecule has 1 amide bonds. The van der Waals surface area contributed by atoms with Crippen LogP contribution in [0.1, 0.15) is 15.9 Å². The van der Waals surface area contributed by atoms with E-state index in [4.69, 9.17) is 4.74 Å². The van der Waals surface area contributed by atoms with Gasteiger partial charge in [0.25, 0.3) is 5.91 Å². The van der Waals surface area contributed by atoms with Gasteiger partial charge in [0.2, 0.25) is 0 Å². The maximum Gasteiger partial charge on any atom is 0.256 e. The number of para-hydroxylation sites is 2. The molecule has 0 aliphatic heterocycles. The number of halogens is 1. The summed E-state index contributed by atoms with van der Waals surface area (Å²) in [6.07, 6.45) is 0. The maximum absolute atomic E-state index is 12.3. The molecule has 0 saturated heterocycles. The Kier molecular flexibility index (Phi) is 4.22. The lowest BCUT2D eigenvalue weighted by Gasteiger charge is -2.11. The van der Waals surface area contributed by atoms with Crippen LogP contribution in [0.4, 0.5) is 5.69 Å². The van der Waals surface area contributed by atoms with Crippen molar-refractivity contribution in [1.29, 1.82) is 0 Å². The number of nitrogens with one attached hydrogen (secondary N) is 1. The first kappa shape index (κ1) is 13.6. The highest BCUT2D eigenvalue weighted by Gasteiger charge is 2.12. The Bertz CT molecular complexity index is 611. The molecule has 3 nitrogen and oxygen atoms in total. The molecule has 2 aromatic carbocycles. The monoisotopic (exact) mass is 319 g/mol. The zero-order valence-corrected chi connectivity index (χ0v) is 12.3. The minimum absolute atomic E-state index is 0.150. The predicted molar refractivity (Wildman–Crippen MR) is 79.8 cm³/mol. The average molecular weight is 320 g/mol. The van der Waals surface area contributed by atoms with Crippen molar-refractivity contribution in [2.24, 2.45) is 0 Å². The van der Waals surface area contributed by atoms with Crippen LogP contribution in [0.25, 0.3) is 0 Å². The quantitative estimate of drug-likeness (QED) is 0.928. The van der Waals surface area contributed by atoms with E-state index < -0.39 is 0 Å². The Labute approximate surface area is 120 Å². The van der Waals surface area contributed by atoms with Gasteiger partial charge in [0.1, 0.15) is 5.75 Å². The molecule has 98 valence electrons. The Balaban J connectivity index is 2.28. The van der Waals surface area contributed by atoms with Gasteiger partial charge in [-0.25, -0.2) is 0 Å². The molecule has 0 spiro atoms. The topological polar surface area (TPSA) is 38.3 Å². The molecule has 1 N–H and O–H groups in total.